The average molecular weight is 269 g/mol. The van der Waals surface area contributed by atoms with E-state index in [1.807, 2.05) is 18.2 Å². The second-order valence-corrected chi connectivity index (χ2v) is 4.28. The molecule has 2 aromatic rings. The molecule has 0 aliphatic heterocycles. The Morgan fingerprint density at radius 2 is 1.88 bits per heavy atom. The molecule has 2 rings (SSSR count). The van der Waals surface area contributed by atoms with Crippen molar-refractivity contribution in [3.63, 3.8) is 0 Å². The molecular formula is C12H10Cl2N2O. The molecule has 0 radical (unpaired) electrons. The minimum atomic E-state index is -0.100. The van der Waals surface area contributed by atoms with Crippen LogP contribution >= 0.6 is 23.2 Å². The lowest BCUT2D eigenvalue weighted by molar-refractivity contribution is 0.476. The number of nitrogens with zero attached hydrogens (tertiary/aromatic N) is 1. The van der Waals surface area contributed by atoms with Crippen LogP contribution in [0.5, 0.6) is 5.75 Å². The fourth-order valence-corrected chi connectivity index (χ4v) is 1.85. The molecule has 3 nitrogen and oxygen atoms in total. The maximum Gasteiger partial charge on any atom is 0.152 e. The lowest BCUT2D eigenvalue weighted by Crippen LogP contribution is -2.01. The van der Waals surface area contributed by atoms with Crippen molar-refractivity contribution < 1.29 is 5.11 Å². The van der Waals surface area contributed by atoms with Crippen LogP contribution < -0.4 is 5.32 Å². The van der Waals surface area contributed by atoms with E-state index in [0.29, 0.717) is 6.54 Å². The van der Waals surface area contributed by atoms with Gasteiger partial charge in [-0.3, -0.25) is 4.98 Å². The number of pyridine rings is 1. The molecule has 1 heterocycles. The van der Waals surface area contributed by atoms with Crippen LogP contribution in [0.3, 0.4) is 0 Å². The largest absolute Gasteiger partial charge is 0.505 e. The summed E-state index contributed by atoms with van der Waals surface area (Å²) < 4.78 is 0. The predicted molar refractivity (Wildman–Crippen MR) is 69.7 cm³/mol. The summed E-state index contributed by atoms with van der Waals surface area (Å²) in [6, 6.07) is 8.92. The fourth-order valence-electron chi connectivity index (χ4n) is 1.36. The summed E-state index contributed by atoms with van der Waals surface area (Å²) in [5.74, 6) is -0.100. The molecule has 0 saturated heterocycles. The Morgan fingerprint density at radius 3 is 2.47 bits per heavy atom. The van der Waals surface area contributed by atoms with Crippen LogP contribution in [-0.2, 0) is 6.54 Å². The Bertz CT molecular complexity index is 494. The Labute approximate surface area is 109 Å². The topological polar surface area (TPSA) is 45.1 Å². The zero-order valence-electron chi connectivity index (χ0n) is 8.82. The molecule has 2 N–H and O–H groups in total. The first kappa shape index (κ1) is 12.0. The Kier molecular flexibility index (Phi) is 3.71. The van der Waals surface area contributed by atoms with E-state index in [4.69, 9.17) is 23.2 Å². The van der Waals surface area contributed by atoms with Crippen molar-refractivity contribution in [1.82, 2.24) is 4.98 Å². The smallest absolute Gasteiger partial charge is 0.152 e. The summed E-state index contributed by atoms with van der Waals surface area (Å²) >= 11 is 11.6. The Hall–Kier alpha value is -1.45. The first-order chi connectivity index (χ1) is 8.16. The van der Waals surface area contributed by atoms with Crippen molar-refractivity contribution in [3.8, 4) is 5.75 Å². The van der Waals surface area contributed by atoms with Gasteiger partial charge in [0.25, 0.3) is 0 Å². The van der Waals surface area contributed by atoms with Gasteiger partial charge in [-0.2, -0.15) is 0 Å². The molecule has 5 heteroatoms. The highest BCUT2D eigenvalue weighted by molar-refractivity contribution is 6.37. The number of hydrogen-bond donors (Lipinski definition) is 2. The second-order valence-electron chi connectivity index (χ2n) is 3.46. The lowest BCUT2D eigenvalue weighted by Gasteiger charge is -2.08. The molecule has 0 amide bonds. The summed E-state index contributed by atoms with van der Waals surface area (Å²) in [7, 11) is 0. The zero-order valence-corrected chi connectivity index (χ0v) is 10.3. The number of hydrogen-bond acceptors (Lipinski definition) is 3. The Morgan fingerprint density at radius 1 is 1.18 bits per heavy atom. The third-order valence-corrected chi connectivity index (χ3v) is 2.79. The number of aromatic nitrogens is 1. The van der Waals surface area contributed by atoms with Crippen LogP contribution in [0.2, 0.25) is 10.0 Å². The van der Waals surface area contributed by atoms with Crippen LogP contribution in [0.4, 0.5) is 5.69 Å². The molecule has 1 aromatic carbocycles. The van der Waals surface area contributed by atoms with E-state index >= 15 is 0 Å². The van der Waals surface area contributed by atoms with Gasteiger partial charge in [0.1, 0.15) is 0 Å². The SMILES string of the molecule is Oc1c(Cl)cc(NCc2ccccn2)cc1Cl. The molecule has 88 valence electrons. The van der Waals surface area contributed by atoms with Crippen molar-refractivity contribution in [3.05, 3.63) is 52.3 Å². The maximum atomic E-state index is 9.41. The van der Waals surface area contributed by atoms with E-state index in [1.54, 1.807) is 18.3 Å². The standard InChI is InChI=1S/C12H10Cl2N2O/c13-10-5-9(6-11(14)12(10)17)16-7-8-3-1-2-4-15-8/h1-6,16-17H,7H2. The molecule has 17 heavy (non-hydrogen) atoms. The van der Waals surface area contributed by atoms with Gasteiger partial charge in [0.2, 0.25) is 0 Å². The van der Waals surface area contributed by atoms with Crippen molar-refractivity contribution in [1.29, 1.82) is 0 Å². The number of nitrogens with one attached hydrogen (secondary N) is 1. The van der Waals surface area contributed by atoms with Crippen LogP contribution in [0.1, 0.15) is 5.69 Å². The van der Waals surface area contributed by atoms with Crippen LogP contribution in [0.25, 0.3) is 0 Å². The van der Waals surface area contributed by atoms with Crippen molar-refractivity contribution >= 4 is 28.9 Å². The van der Waals surface area contributed by atoms with Gasteiger partial charge in [-0.15, -0.1) is 0 Å². The zero-order chi connectivity index (χ0) is 12.3. The van der Waals surface area contributed by atoms with E-state index in [-0.39, 0.29) is 15.8 Å². The normalized spacial score (nSPS) is 10.2. The van der Waals surface area contributed by atoms with Crippen molar-refractivity contribution in [2.75, 3.05) is 5.32 Å². The minimum absolute atomic E-state index is 0.100. The third kappa shape index (κ3) is 3.02. The number of aromatic hydroxyl groups is 1. The van der Waals surface area contributed by atoms with Crippen molar-refractivity contribution in [2.24, 2.45) is 0 Å². The molecule has 0 aliphatic rings. The summed E-state index contributed by atoms with van der Waals surface area (Å²) in [5.41, 5.74) is 1.65. The molecular weight excluding hydrogens is 259 g/mol. The Balaban J connectivity index is 2.10. The molecule has 0 atom stereocenters. The molecule has 0 spiro atoms. The van der Waals surface area contributed by atoms with E-state index in [9.17, 15) is 5.11 Å². The number of anilines is 1. The summed E-state index contributed by atoms with van der Waals surface area (Å²) in [5, 5.41) is 13.0. The summed E-state index contributed by atoms with van der Waals surface area (Å²) in [6.07, 6.45) is 1.73. The number of halogens is 2. The van der Waals surface area contributed by atoms with Gasteiger partial charge in [-0.25, -0.2) is 0 Å². The van der Waals surface area contributed by atoms with Crippen LogP contribution in [-0.4, -0.2) is 10.1 Å². The first-order valence-corrected chi connectivity index (χ1v) is 5.74. The van der Waals surface area contributed by atoms with Gasteiger partial charge in [0, 0.05) is 11.9 Å². The summed E-state index contributed by atoms with van der Waals surface area (Å²) in [6.45, 7) is 0.568. The quantitative estimate of drug-likeness (QED) is 0.835. The predicted octanol–water partition coefficient (Wildman–Crippen LogP) is 3.71. The van der Waals surface area contributed by atoms with E-state index in [1.165, 1.54) is 0 Å². The molecule has 1 aromatic heterocycles. The maximum absolute atomic E-state index is 9.41. The third-order valence-electron chi connectivity index (χ3n) is 2.22. The van der Waals surface area contributed by atoms with Crippen molar-refractivity contribution in [2.45, 2.75) is 6.54 Å². The number of benzene rings is 1. The van der Waals surface area contributed by atoms with Gasteiger partial charge in [-0.05, 0) is 24.3 Å². The second kappa shape index (κ2) is 5.25. The van der Waals surface area contributed by atoms with Gasteiger partial charge in [0.15, 0.2) is 5.75 Å². The average Bonchev–Trinajstić information content (AvgIpc) is 2.34. The number of rotatable bonds is 3. The fraction of sp³-hybridized carbons (Fsp3) is 0.0833. The molecule has 0 fully saturated rings. The molecule has 0 saturated carbocycles. The highest BCUT2D eigenvalue weighted by Crippen LogP contribution is 2.34. The first-order valence-electron chi connectivity index (χ1n) is 4.98. The minimum Gasteiger partial charge on any atom is -0.505 e. The van der Waals surface area contributed by atoms with E-state index < -0.39 is 0 Å². The monoisotopic (exact) mass is 268 g/mol. The van der Waals surface area contributed by atoms with Gasteiger partial charge in [-0.1, -0.05) is 29.3 Å². The van der Waals surface area contributed by atoms with Gasteiger partial charge in [0.05, 0.1) is 22.3 Å². The molecule has 0 unspecified atom stereocenters. The van der Waals surface area contributed by atoms with E-state index in [0.717, 1.165) is 11.4 Å². The summed E-state index contributed by atoms with van der Waals surface area (Å²) in [4.78, 5) is 4.18. The van der Waals surface area contributed by atoms with E-state index in [2.05, 4.69) is 10.3 Å². The number of phenols is 1. The van der Waals surface area contributed by atoms with Gasteiger partial charge < -0.3 is 10.4 Å². The molecule has 0 aliphatic carbocycles. The lowest BCUT2D eigenvalue weighted by atomic mass is 10.3. The van der Waals surface area contributed by atoms with Crippen LogP contribution in [0, 0.1) is 0 Å². The van der Waals surface area contributed by atoms with Gasteiger partial charge >= 0.3 is 0 Å². The molecule has 0 bridgehead atoms. The highest BCUT2D eigenvalue weighted by atomic mass is 35.5. The van der Waals surface area contributed by atoms with Crippen LogP contribution in [0.15, 0.2) is 36.5 Å². The number of phenolic OH excluding ortho intramolecular Hbond substituents is 1. The highest BCUT2D eigenvalue weighted by Gasteiger charge is 2.06.